The molecule has 1 amide bonds. The maximum atomic E-state index is 13.5. The van der Waals surface area contributed by atoms with Crippen LogP contribution in [0.1, 0.15) is 75.9 Å². The molecule has 1 aliphatic heterocycles. The maximum Gasteiger partial charge on any atom is 0.481 e. The number of nitrogens with zero attached hydrogens (tertiary/aromatic N) is 6. The van der Waals surface area contributed by atoms with Crippen molar-refractivity contribution < 1.29 is 14.1 Å². The van der Waals surface area contributed by atoms with Crippen molar-refractivity contribution in [2.45, 2.75) is 89.9 Å². The minimum atomic E-state index is -0.491. The molecule has 1 aromatic carbocycles. The maximum absolute atomic E-state index is 13.5. The van der Waals surface area contributed by atoms with Gasteiger partial charge in [0.05, 0.1) is 24.1 Å². The first-order valence-corrected chi connectivity index (χ1v) is 14.8. The molecule has 3 aromatic rings. The summed E-state index contributed by atoms with van der Waals surface area (Å²) < 4.78 is 14.9. The van der Waals surface area contributed by atoms with Crippen molar-refractivity contribution in [1.29, 1.82) is 0 Å². The van der Waals surface area contributed by atoms with Crippen LogP contribution in [0.15, 0.2) is 30.3 Å². The third-order valence-electron chi connectivity index (χ3n) is 9.61. The van der Waals surface area contributed by atoms with Crippen molar-refractivity contribution in [2.75, 3.05) is 6.54 Å². The number of hydrogen-bond acceptors (Lipinski definition) is 9. The number of tetrazole rings is 1. The average molecular weight is 562 g/mol. The van der Waals surface area contributed by atoms with Crippen LogP contribution in [0.3, 0.4) is 0 Å². The largest absolute Gasteiger partial charge is 0.481 e. The van der Waals surface area contributed by atoms with E-state index < -0.39 is 7.12 Å². The van der Waals surface area contributed by atoms with Gasteiger partial charge in [-0.15, -0.1) is 10.2 Å². The minimum Gasteiger partial charge on any atom is -0.404 e. The lowest BCUT2D eigenvalue weighted by molar-refractivity contribution is -0.199. The minimum absolute atomic E-state index is 0.0277. The second kappa shape index (κ2) is 11.3. The zero-order chi connectivity index (χ0) is 28.6. The van der Waals surface area contributed by atoms with Gasteiger partial charge in [0.1, 0.15) is 12.4 Å². The van der Waals surface area contributed by atoms with Crippen LogP contribution < -0.4 is 11.1 Å². The van der Waals surface area contributed by atoms with Gasteiger partial charge >= 0.3 is 7.12 Å². The fourth-order valence-corrected chi connectivity index (χ4v) is 7.18. The van der Waals surface area contributed by atoms with Crippen LogP contribution in [0, 0.1) is 17.3 Å². The van der Waals surface area contributed by atoms with Crippen molar-refractivity contribution in [1.82, 2.24) is 40.7 Å². The summed E-state index contributed by atoms with van der Waals surface area (Å²) in [5.74, 6) is 2.39. The molecular formula is C28H40BN9O3. The Morgan fingerprint density at radius 3 is 2.76 bits per heavy atom. The molecule has 3 saturated carbocycles. The Kier molecular flexibility index (Phi) is 7.69. The molecular weight excluding hydrogens is 521 g/mol. The number of unbranched alkanes of at least 4 members (excludes halogenated alkanes) is 1. The summed E-state index contributed by atoms with van der Waals surface area (Å²) in [5, 5.41) is 22.0. The van der Waals surface area contributed by atoms with E-state index in [1.165, 1.54) is 6.42 Å². The molecule has 1 saturated heterocycles. The quantitative estimate of drug-likeness (QED) is 0.222. The van der Waals surface area contributed by atoms with E-state index in [1.807, 2.05) is 30.3 Å². The van der Waals surface area contributed by atoms with Crippen LogP contribution in [0.5, 0.6) is 0 Å². The fourth-order valence-electron chi connectivity index (χ4n) is 7.18. The Balaban J connectivity index is 1.17. The summed E-state index contributed by atoms with van der Waals surface area (Å²) in [6.45, 7) is 7.54. The van der Waals surface area contributed by atoms with Crippen molar-refractivity contribution in [3.8, 4) is 0 Å². The van der Waals surface area contributed by atoms with E-state index in [9.17, 15) is 4.79 Å². The summed E-state index contributed by atoms with van der Waals surface area (Å²) in [7, 11) is -0.491. The van der Waals surface area contributed by atoms with E-state index in [0.717, 1.165) is 31.2 Å². The Hall–Kier alpha value is -3.16. The van der Waals surface area contributed by atoms with E-state index in [2.05, 4.69) is 51.8 Å². The summed E-state index contributed by atoms with van der Waals surface area (Å²) >= 11 is 0. The van der Waals surface area contributed by atoms with Gasteiger partial charge < -0.3 is 20.4 Å². The Morgan fingerprint density at radius 2 is 2.02 bits per heavy atom. The number of H-pyrrole nitrogens is 1. The van der Waals surface area contributed by atoms with Gasteiger partial charge in [-0.3, -0.25) is 4.79 Å². The molecule has 1 unspecified atom stereocenters. The molecule has 2 aromatic heterocycles. The molecule has 12 nitrogen and oxygen atoms in total. The number of benzene rings is 1. The second-order valence-electron chi connectivity index (χ2n) is 12.6. The number of carbonyl (C=O) groups excluding carboxylic acids is 1. The number of aromatic amines is 1. The first-order valence-electron chi connectivity index (χ1n) is 14.8. The number of amides is 1. The fraction of sp³-hybridized carbons (Fsp3) is 0.643. The first-order chi connectivity index (χ1) is 19.8. The number of aromatic nitrogens is 7. The topological polar surface area (TPSA) is 159 Å². The highest BCUT2D eigenvalue weighted by molar-refractivity contribution is 6.47. The third kappa shape index (κ3) is 5.54. The number of nitrogens with two attached hydrogens (primary N) is 1. The van der Waals surface area contributed by atoms with Gasteiger partial charge in [-0.05, 0) is 62.0 Å². The highest BCUT2D eigenvalue weighted by atomic mass is 16.7. The zero-order valence-electron chi connectivity index (χ0n) is 24.1. The van der Waals surface area contributed by atoms with Crippen LogP contribution in [0.25, 0.3) is 0 Å². The number of carbonyl (C=O) groups is 1. The van der Waals surface area contributed by atoms with Gasteiger partial charge in [0.15, 0.2) is 11.6 Å². The molecule has 3 heterocycles. The number of hydrogen-bond donors (Lipinski definition) is 3. The molecule has 4 N–H and O–H groups in total. The lowest BCUT2D eigenvalue weighted by Gasteiger charge is -2.64. The van der Waals surface area contributed by atoms with Crippen LogP contribution in [-0.2, 0) is 33.5 Å². The third-order valence-corrected chi connectivity index (χ3v) is 9.61. The lowest BCUT2D eigenvalue weighted by Crippen LogP contribution is -2.65. The highest BCUT2D eigenvalue weighted by Gasteiger charge is 2.68. The highest BCUT2D eigenvalue weighted by Crippen LogP contribution is 2.65. The standard InChI is InChI=1S/C28H40BN9O3/c1-27(2)19-14-20(27)28(3)21(15-19)40-29(41-28)22(11-7-8-12-30)31-26(39)17-38-25(13-18-9-5-4-6-10-18)32-23(35-38)16-24-33-36-37-34-24/h4-6,9-10,19-22H,7-8,11-17,30H2,1-3H3,(H,31,39)(H,33,34,36,37)/t19-,20-,21+,22?,28+/m1/s1. The van der Waals surface area contributed by atoms with Crippen LogP contribution in [0.2, 0.25) is 0 Å². The molecule has 4 fully saturated rings. The van der Waals surface area contributed by atoms with Crippen molar-refractivity contribution in [3.05, 3.63) is 53.4 Å². The Bertz CT molecular complexity index is 1330. The van der Waals surface area contributed by atoms with Gasteiger partial charge in [-0.2, -0.15) is 10.3 Å². The van der Waals surface area contributed by atoms with E-state index >= 15 is 0 Å². The number of rotatable bonds is 12. The predicted octanol–water partition coefficient (Wildman–Crippen LogP) is 1.85. The molecule has 0 spiro atoms. The SMILES string of the molecule is CC1(C)[C@H]2C[C@@H]3OB(C(CCCCN)NC(=O)Cn4nc(Cc5nn[nH]n5)nc4Cc4ccccc4)O[C@@]3(C)[C@@H]1C2. The Labute approximate surface area is 240 Å². The van der Waals surface area contributed by atoms with E-state index in [1.54, 1.807) is 4.68 Å². The lowest BCUT2D eigenvalue weighted by atomic mass is 9.43. The molecule has 3 aliphatic carbocycles. The van der Waals surface area contributed by atoms with Crippen molar-refractivity contribution in [2.24, 2.45) is 23.0 Å². The Morgan fingerprint density at radius 1 is 1.20 bits per heavy atom. The summed E-state index contributed by atoms with van der Waals surface area (Å²) in [6.07, 6.45) is 5.58. The normalized spacial score (nSPS) is 26.8. The summed E-state index contributed by atoms with van der Waals surface area (Å²) in [4.78, 5) is 18.3. The molecule has 41 heavy (non-hydrogen) atoms. The average Bonchev–Trinajstić information content (AvgIpc) is 3.67. The van der Waals surface area contributed by atoms with E-state index in [-0.39, 0.29) is 35.5 Å². The van der Waals surface area contributed by atoms with Crippen LogP contribution in [0.4, 0.5) is 0 Å². The zero-order valence-corrected chi connectivity index (χ0v) is 24.1. The van der Waals surface area contributed by atoms with Crippen molar-refractivity contribution >= 4 is 13.0 Å². The van der Waals surface area contributed by atoms with Gasteiger partial charge in [-0.1, -0.05) is 55.8 Å². The molecule has 0 radical (unpaired) electrons. The molecule has 7 rings (SSSR count). The molecule has 5 atom stereocenters. The van der Waals surface area contributed by atoms with Gasteiger partial charge in [0, 0.05) is 6.42 Å². The van der Waals surface area contributed by atoms with E-state index in [4.69, 9.17) is 20.0 Å². The monoisotopic (exact) mass is 561 g/mol. The van der Waals surface area contributed by atoms with Crippen LogP contribution >= 0.6 is 0 Å². The summed E-state index contributed by atoms with van der Waals surface area (Å²) in [5.41, 5.74) is 6.79. The molecule has 13 heteroatoms. The predicted molar refractivity (Wildman–Crippen MR) is 151 cm³/mol. The van der Waals surface area contributed by atoms with Crippen molar-refractivity contribution in [3.63, 3.8) is 0 Å². The van der Waals surface area contributed by atoms with Crippen LogP contribution in [-0.4, -0.2) is 72.6 Å². The smallest absolute Gasteiger partial charge is 0.404 e. The first kappa shape index (κ1) is 28.0. The summed E-state index contributed by atoms with van der Waals surface area (Å²) in [6, 6.07) is 10.0. The molecule has 4 aliphatic rings. The van der Waals surface area contributed by atoms with E-state index in [0.29, 0.717) is 48.7 Å². The van der Waals surface area contributed by atoms with Gasteiger partial charge in [-0.25, -0.2) is 9.67 Å². The molecule has 2 bridgehead atoms. The number of nitrogens with one attached hydrogen (secondary N) is 2. The molecule has 218 valence electrons. The van der Waals surface area contributed by atoms with Gasteiger partial charge in [0.2, 0.25) is 5.91 Å². The second-order valence-corrected chi connectivity index (χ2v) is 12.6. The van der Waals surface area contributed by atoms with Gasteiger partial charge in [0.25, 0.3) is 0 Å².